The van der Waals surface area contributed by atoms with E-state index in [9.17, 15) is 14.7 Å². The predicted octanol–water partition coefficient (Wildman–Crippen LogP) is 4.16. The molecule has 1 atom stereocenters. The lowest BCUT2D eigenvalue weighted by Gasteiger charge is -2.26. The number of hydrogen-bond donors (Lipinski definition) is 1. The molecule has 1 saturated heterocycles. The van der Waals surface area contributed by atoms with E-state index in [0.29, 0.717) is 25.1 Å². The second kappa shape index (κ2) is 8.67. The first-order chi connectivity index (χ1) is 14.6. The van der Waals surface area contributed by atoms with Crippen molar-refractivity contribution in [2.75, 3.05) is 6.54 Å². The molecule has 0 spiro atoms. The number of benzene rings is 2. The van der Waals surface area contributed by atoms with Gasteiger partial charge in [-0.2, -0.15) is 0 Å². The summed E-state index contributed by atoms with van der Waals surface area (Å²) in [5.41, 5.74) is 1.38. The van der Waals surface area contributed by atoms with Crippen LogP contribution < -0.4 is 0 Å². The van der Waals surface area contributed by atoms with Crippen LogP contribution in [0.2, 0.25) is 0 Å². The van der Waals surface area contributed by atoms with Gasteiger partial charge < -0.3 is 14.6 Å². The average Bonchev–Trinajstić information content (AvgIpc) is 3.37. The summed E-state index contributed by atoms with van der Waals surface area (Å²) in [5.74, 6) is -1.43. The molecule has 0 saturated carbocycles. The minimum absolute atomic E-state index is 0.112. The maximum Gasteiger partial charge on any atom is 0.295 e. The van der Waals surface area contributed by atoms with Crippen molar-refractivity contribution in [1.82, 2.24) is 14.5 Å². The molecule has 3 aromatic rings. The smallest absolute Gasteiger partial charge is 0.295 e. The molecule has 2 aromatic carbocycles. The van der Waals surface area contributed by atoms with Crippen LogP contribution in [0.1, 0.15) is 23.6 Å². The van der Waals surface area contributed by atoms with E-state index in [2.05, 4.69) is 20.9 Å². The molecule has 1 N–H and O–H groups in total. The lowest BCUT2D eigenvalue weighted by Crippen LogP contribution is -2.31. The minimum Gasteiger partial charge on any atom is -0.507 e. The number of ketones is 1. The van der Waals surface area contributed by atoms with E-state index in [-0.39, 0.29) is 11.3 Å². The van der Waals surface area contributed by atoms with Gasteiger partial charge >= 0.3 is 0 Å². The largest absolute Gasteiger partial charge is 0.507 e. The molecule has 6 nitrogen and oxygen atoms in total. The Bertz CT molecular complexity index is 1090. The first-order valence-electron chi connectivity index (χ1n) is 9.62. The van der Waals surface area contributed by atoms with Crippen LogP contribution in [0.4, 0.5) is 0 Å². The van der Waals surface area contributed by atoms with Gasteiger partial charge in [-0.25, -0.2) is 4.98 Å². The molecule has 0 bridgehead atoms. The third-order valence-electron chi connectivity index (χ3n) is 5.16. The van der Waals surface area contributed by atoms with Crippen molar-refractivity contribution >= 4 is 33.4 Å². The van der Waals surface area contributed by atoms with Gasteiger partial charge in [0.25, 0.3) is 11.7 Å². The molecule has 1 aliphatic heterocycles. The summed E-state index contributed by atoms with van der Waals surface area (Å²) < 4.78 is 2.70. The number of hydrogen-bond acceptors (Lipinski definition) is 4. The Kier molecular flexibility index (Phi) is 5.81. The topological polar surface area (TPSA) is 75.4 Å². The summed E-state index contributed by atoms with van der Waals surface area (Å²) in [4.78, 5) is 31.5. The molecule has 0 radical (unpaired) electrons. The lowest BCUT2D eigenvalue weighted by molar-refractivity contribution is -0.140. The summed E-state index contributed by atoms with van der Waals surface area (Å²) in [5, 5.41) is 11.0. The van der Waals surface area contributed by atoms with Crippen molar-refractivity contribution in [1.29, 1.82) is 0 Å². The molecule has 7 heteroatoms. The average molecular weight is 466 g/mol. The van der Waals surface area contributed by atoms with Gasteiger partial charge in [0, 0.05) is 35.5 Å². The fraction of sp³-hybridized carbons (Fsp3) is 0.174. The number of imidazole rings is 1. The summed E-state index contributed by atoms with van der Waals surface area (Å²) in [7, 11) is 0. The number of rotatable bonds is 6. The number of carbonyl (C=O) groups is 2. The Morgan fingerprint density at radius 1 is 1.03 bits per heavy atom. The number of nitrogens with zero attached hydrogens (tertiary/aromatic N) is 3. The van der Waals surface area contributed by atoms with Crippen LogP contribution in [0, 0.1) is 0 Å². The van der Waals surface area contributed by atoms with Crippen molar-refractivity contribution in [3.63, 3.8) is 0 Å². The van der Waals surface area contributed by atoms with Gasteiger partial charge in [0.2, 0.25) is 0 Å². The van der Waals surface area contributed by atoms with E-state index >= 15 is 0 Å². The molecule has 1 aliphatic rings. The molecular weight excluding hydrogens is 446 g/mol. The highest BCUT2D eigenvalue weighted by molar-refractivity contribution is 9.10. The number of halogens is 1. The highest BCUT2D eigenvalue weighted by Crippen LogP contribution is 2.41. The van der Waals surface area contributed by atoms with Gasteiger partial charge in [-0.3, -0.25) is 9.59 Å². The highest BCUT2D eigenvalue weighted by atomic mass is 79.9. The van der Waals surface area contributed by atoms with Gasteiger partial charge in [-0.1, -0.05) is 64.5 Å². The zero-order valence-electron chi connectivity index (χ0n) is 16.1. The molecule has 1 fully saturated rings. The van der Waals surface area contributed by atoms with Gasteiger partial charge in [-0.15, -0.1) is 0 Å². The Morgan fingerprint density at radius 3 is 2.47 bits per heavy atom. The number of carbonyl (C=O) groups excluding carboxylic acids is 2. The summed E-state index contributed by atoms with van der Waals surface area (Å²) in [6.07, 6.45) is 5.92. The summed E-state index contributed by atoms with van der Waals surface area (Å²) >= 11 is 3.54. The molecule has 1 aromatic heterocycles. The normalized spacial score (nSPS) is 18.2. The Labute approximate surface area is 182 Å². The van der Waals surface area contributed by atoms with Gasteiger partial charge in [0.1, 0.15) is 5.76 Å². The monoisotopic (exact) mass is 465 g/mol. The van der Waals surface area contributed by atoms with Crippen molar-refractivity contribution in [2.45, 2.75) is 19.0 Å². The quantitative estimate of drug-likeness (QED) is 0.337. The van der Waals surface area contributed by atoms with Gasteiger partial charge in [0.05, 0.1) is 17.9 Å². The Hall–Kier alpha value is -3.19. The molecule has 1 amide bonds. The van der Waals surface area contributed by atoms with Gasteiger partial charge in [0.15, 0.2) is 0 Å². The number of aryl methyl sites for hydroxylation is 1. The number of aliphatic hydroxyl groups is 1. The minimum atomic E-state index is -0.667. The van der Waals surface area contributed by atoms with E-state index in [1.54, 1.807) is 41.7 Å². The third-order valence-corrected chi connectivity index (χ3v) is 5.88. The number of aliphatic hydroxyl groups excluding tert-OH is 1. The maximum absolute atomic E-state index is 13.0. The zero-order valence-corrected chi connectivity index (χ0v) is 17.7. The van der Waals surface area contributed by atoms with Crippen molar-refractivity contribution in [3.05, 3.63) is 94.5 Å². The number of likely N-dealkylation sites (tertiary alicyclic amines) is 1. The third kappa shape index (κ3) is 3.80. The number of Topliss-reactive ketones (excluding diaryl/α,β-unsaturated/α-hetero) is 1. The fourth-order valence-electron chi connectivity index (χ4n) is 3.72. The molecule has 152 valence electrons. The van der Waals surface area contributed by atoms with Crippen LogP contribution in [-0.2, 0) is 16.1 Å². The first-order valence-corrected chi connectivity index (χ1v) is 10.4. The molecule has 2 heterocycles. The van der Waals surface area contributed by atoms with Crippen LogP contribution in [0.15, 0.2) is 83.4 Å². The number of aromatic nitrogens is 2. The Balaban J connectivity index is 1.74. The molecule has 0 aliphatic carbocycles. The predicted molar refractivity (Wildman–Crippen MR) is 116 cm³/mol. The molecule has 4 rings (SSSR count). The van der Waals surface area contributed by atoms with Crippen LogP contribution in [0.3, 0.4) is 0 Å². The van der Waals surface area contributed by atoms with E-state index in [1.807, 2.05) is 41.1 Å². The second-order valence-corrected chi connectivity index (χ2v) is 7.89. The van der Waals surface area contributed by atoms with E-state index < -0.39 is 17.7 Å². The van der Waals surface area contributed by atoms with E-state index in [4.69, 9.17) is 0 Å². The first kappa shape index (κ1) is 20.1. The Morgan fingerprint density at radius 2 is 1.77 bits per heavy atom. The molecule has 1 unspecified atom stereocenters. The van der Waals surface area contributed by atoms with Crippen molar-refractivity contribution in [2.24, 2.45) is 0 Å². The molecular formula is C23H20BrN3O3. The second-order valence-electron chi connectivity index (χ2n) is 7.03. The highest BCUT2D eigenvalue weighted by Gasteiger charge is 2.46. The number of amides is 1. The summed E-state index contributed by atoms with van der Waals surface area (Å²) in [6.45, 7) is 1.05. The zero-order chi connectivity index (χ0) is 21.1. The standard InChI is InChI=1S/C23H20BrN3O3/c24-18-10-5-4-9-17(18)20-19(21(28)16-7-2-1-3-8-16)22(29)23(30)27(20)13-6-12-26-14-11-25-15-26/h1-5,7-11,14-15,20,28H,6,12-13H2/b21-19+. The van der Waals surface area contributed by atoms with Crippen LogP contribution in [-0.4, -0.2) is 37.8 Å². The van der Waals surface area contributed by atoms with Gasteiger partial charge in [-0.05, 0) is 18.1 Å². The lowest BCUT2D eigenvalue weighted by atomic mass is 9.95. The van der Waals surface area contributed by atoms with Crippen LogP contribution in [0.25, 0.3) is 5.76 Å². The van der Waals surface area contributed by atoms with Crippen molar-refractivity contribution in [3.8, 4) is 0 Å². The molecule has 30 heavy (non-hydrogen) atoms. The maximum atomic E-state index is 13.0. The van der Waals surface area contributed by atoms with Crippen LogP contribution >= 0.6 is 15.9 Å². The fourth-order valence-corrected chi connectivity index (χ4v) is 4.23. The van der Waals surface area contributed by atoms with Crippen molar-refractivity contribution < 1.29 is 14.7 Å². The summed E-state index contributed by atoms with van der Waals surface area (Å²) in [6, 6.07) is 15.6. The van der Waals surface area contributed by atoms with E-state index in [0.717, 1.165) is 10.0 Å². The SMILES string of the molecule is O=C1C(=O)N(CCCn2ccnc2)C(c2ccccc2Br)/C1=C(\O)c1ccccc1. The van der Waals surface area contributed by atoms with Crippen LogP contribution in [0.5, 0.6) is 0 Å². The van der Waals surface area contributed by atoms with E-state index in [1.165, 1.54) is 0 Å².